The molecule has 0 atom stereocenters. The second-order valence-corrected chi connectivity index (χ2v) is 1.49. The molecule has 1 aromatic carbocycles. The van der Waals surface area contributed by atoms with E-state index in [0.29, 0.717) is 5.75 Å². The fraction of sp³-hybridized carbons (Fsp3) is 0. The number of benzene rings is 1. The Morgan fingerprint density at radius 1 is 1.11 bits per heavy atom. The minimum atomic E-state index is 0.597. The Morgan fingerprint density at radius 2 is 1.78 bits per heavy atom. The monoisotopic (exact) mass is 120 g/mol. The Morgan fingerprint density at radius 3 is 2.33 bits per heavy atom. The van der Waals surface area contributed by atoms with E-state index in [1.54, 1.807) is 12.1 Å². The van der Waals surface area contributed by atoms with Gasteiger partial charge >= 0.3 is 8.05 Å². The third-order valence-electron chi connectivity index (χ3n) is 0.888. The van der Waals surface area contributed by atoms with E-state index in [4.69, 9.17) is 0 Å². The van der Waals surface area contributed by atoms with Crippen LogP contribution in [-0.4, -0.2) is 8.05 Å². The Labute approximate surface area is 54.8 Å². The quantitative estimate of drug-likeness (QED) is 0.330. The van der Waals surface area contributed by atoms with Crippen LogP contribution in [0.1, 0.15) is 0 Å². The molecule has 0 spiro atoms. The van der Waals surface area contributed by atoms with E-state index in [0.717, 1.165) is 0 Å². The number of rotatable bonds is 2. The van der Waals surface area contributed by atoms with Crippen molar-refractivity contribution in [3.63, 3.8) is 0 Å². The van der Waals surface area contributed by atoms with E-state index in [9.17, 15) is 0 Å². The molecular weight excluding hydrogens is 115 g/mol. The molecule has 0 N–H and O–H groups in total. The smallest absolute Gasteiger partial charge is 0.355 e. The molecule has 0 unspecified atom stereocenters. The molecule has 0 aliphatic carbocycles. The highest BCUT2D eigenvalue weighted by atomic mass is 17.2. The first kappa shape index (κ1) is 6.17. The van der Waals surface area contributed by atoms with Crippen LogP contribution in [0.4, 0.5) is 0 Å². The lowest BCUT2D eigenvalue weighted by molar-refractivity contribution is -0.0931. The zero-order valence-corrected chi connectivity index (χ0v) is 4.78. The Hall–Kier alpha value is -0.955. The molecule has 0 bridgehead atoms. The van der Waals surface area contributed by atoms with Crippen molar-refractivity contribution >= 4 is 8.05 Å². The lowest BCUT2D eigenvalue weighted by Crippen LogP contribution is -1.90. The van der Waals surface area contributed by atoms with Crippen molar-refractivity contribution in [2.75, 3.05) is 0 Å². The van der Waals surface area contributed by atoms with Crippen LogP contribution in [0.15, 0.2) is 30.3 Å². The molecule has 0 saturated carbocycles. The minimum absolute atomic E-state index is 0.597. The fourth-order valence-corrected chi connectivity index (χ4v) is 0.532. The lowest BCUT2D eigenvalue weighted by atomic mass is 10.3. The molecule has 0 amide bonds. The van der Waals surface area contributed by atoms with Crippen LogP contribution in [-0.2, 0) is 4.81 Å². The highest BCUT2D eigenvalue weighted by molar-refractivity contribution is 5.97. The van der Waals surface area contributed by atoms with E-state index in [1.807, 2.05) is 18.2 Å². The van der Waals surface area contributed by atoms with Crippen LogP contribution in [0.2, 0.25) is 0 Å². The van der Waals surface area contributed by atoms with Gasteiger partial charge in [-0.25, -0.2) is 0 Å². The Bertz CT molecular complexity index is 164. The van der Waals surface area contributed by atoms with Gasteiger partial charge in [0.1, 0.15) is 0 Å². The van der Waals surface area contributed by atoms with Gasteiger partial charge in [-0.2, -0.15) is 0 Å². The van der Waals surface area contributed by atoms with Crippen molar-refractivity contribution < 1.29 is 9.69 Å². The topological polar surface area (TPSA) is 18.5 Å². The maximum absolute atomic E-state index is 4.64. The lowest BCUT2D eigenvalue weighted by Gasteiger charge is -1.98. The summed E-state index contributed by atoms with van der Waals surface area (Å²) in [7, 11) is 4.64. The SMILES string of the molecule is [B]OOc1ccccc1. The molecule has 0 saturated heterocycles. The summed E-state index contributed by atoms with van der Waals surface area (Å²) in [5, 5.41) is 0. The summed E-state index contributed by atoms with van der Waals surface area (Å²) in [6.07, 6.45) is 0. The third kappa shape index (κ3) is 1.78. The molecule has 2 nitrogen and oxygen atoms in total. The van der Waals surface area contributed by atoms with Crippen LogP contribution in [0, 0.1) is 0 Å². The molecule has 0 fully saturated rings. The standard InChI is InChI=1S/C6H5BO2/c7-9-8-6-4-2-1-3-5-6/h1-5H. The molecular formula is C6H5BO2. The second-order valence-electron chi connectivity index (χ2n) is 1.49. The molecule has 1 aromatic rings. The van der Waals surface area contributed by atoms with Gasteiger partial charge in [-0.1, -0.05) is 18.2 Å². The van der Waals surface area contributed by atoms with Crippen molar-refractivity contribution in [3.05, 3.63) is 30.3 Å². The highest BCUT2D eigenvalue weighted by Crippen LogP contribution is 2.06. The number of para-hydroxylation sites is 1. The maximum Gasteiger partial charge on any atom is 0.356 e. The van der Waals surface area contributed by atoms with E-state index in [2.05, 4.69) is 17.7 Å². The zero-order chi connectivity index (χ0) is 6.53. The molecule has 0 aliphatic rings. The summed E-state index contributed by atoms with van der Waals surface area (Å²) in [5.41, 5.74) is 0. The molecule has 1 rings (SSSR count). The normalized spacial score (nSPS) is 8.89. The van der Waals surface area contributed by atoms with Gasteiger partial charge in [0.2, 0.25) is 0 Å². The van der Waals surface area contributed by atoms with Crippen molar-refractivity contribution in [2.24, 2.45) is 0 Å². The van der Waals surface area contributed by atoms with Gasteiger partial charge in [-0.05, 0) is 12.1 Å². The fourth-order valence-electron chi connectivity index (χ4n) is 0.532. The first-order chi connectivity index (χ1) is 4.43. The van der Waals surface area contributed by atoms with E-state index < -0.39 is 0 Å². The second kappa shape index (κ2) is 3.15. The van der Waals surface area contributed by atoms with Crippen LogP contribution >= 0.6 is 0 Å². The maximum atomic E-state index is 4.64. The van der Waals surface area contributed by atoms with E-state index in [1.165, 1.54) is 0 Å². The predicted octanol–water partition coefficient (Wildman–Crippen LogP) is 1.08. The summed E-state index contributed by atoms with van der Waals surface area (Å²) in [6.45, 7) is 0. The number of hydrogen-bond acceptors (Lipinski definition) is 2. The predicted molar refractivity (Wildman–Crippen MR) is 33.9 cm³/mol. The Kier molecular flexibility index (Phi) is 2.16. The number of hydrogen-bond donors (Lipinski definition) is 0. The summed E-state index contributed by atoms with van der Waals surface area (Å²) in [4.78, 5) is 8.41. The summed E-state index contributed by atoms with van der Waals surface area (Å²) in [6, 6.07) is 9.02. The average Bonchev–Trinajstić information content (AvgIpc) is 1.91. The minimum Gasteiger partial charge on any atom is -0.355 e. The van der Waals surface area contributed by atoms with Gasteiger partial charge in [0.15, 0.2) is 5.75 Å². The molecule has 0 aliphatic heterocycles. The van der Waals surface area contributed by atoms with Gasteiger partial charge in [-0.15, -0.1) is 0 Å². The van der Waals surface area contributed by atoms with Crippen molar-refractivity contribution in [2.45, 2.75) is 0 Å². The highest BCUT2D eigenvalue weighted by Gasteiger charge is 1.85. The van der Waals surface area contributed by atoms with Gasteiger partial charge in [0.05, 0.1) is 0 Å². The van der Waals surface area contributed by atoms with E-state index >= 15 is 0 Å². The third-order valence-corrected chi connectivity index (χ3v) is 0.888. The molecule has 9 heavy (non-hydrogen) atoms. The summed E-state index contributed by atoms with van der Waals surface area (Å²) < 4.78 is 0. The van der Waals surface area contributed by atoms with Crippen LogP contribution < -0.4 is 4.89 Å². The van der Waals surface area contributed by atoms with Gasteiger partial charge in [-0.3, -0.25) is 4.81 Å². The average molecular weight is 120 g/mol. The first-order valence-corrected chi connectivity index (χ1v) is 2.52. The van der Waals surface area contributed by atoms with Gasteiger partial charge in [0, 0.05) is 0 Å². The molecule has 2 radical (unpaired) electrons. The van der Waals surface area contributed by atoms with Gasteiger partial charge in [0.25, 0.3) is 0 Å². The summed E-state index contributed by atoms with van der Waals surface area (Å²) >= 11 is 0. The molecule has 44 valence electrons. The largest absolute Gasteiger partial charge is 0.356 e. The Balaban J connectivity index is 2.61. The molecule has 0 aromatic heterocycles. The van der Waals surface area contributed by atoms with Crippen LogP contribution in [0.5, 0.6) is 5.75 Å². The van der Waals surface area contributed by atoms with Crippen molar-refractivity contribution in [1.29, 1.82) is 0 Å². The van der Waals surface area contributed by atoms with Crippen LogP contribution in [0.3, 0.4) is 0 Å². The van der Waals surface area contributed by atoms with E-state index in [-0.39, 0.29) is 0 Å². The van der Waals surface area contributed by atoms with Gasteiger partial charge < -0.3 is 4.89 Å². The molecule has 3 heteroatoms. The molecule has 0 heterocycles. The zero-order valence-electron chi connectivity index (χ0n) is 4.78. The van der Waals surface area contributed by atoms with Crippen molar-refractivity contribution in [1.82, 2.24) is 0 Å². The van der Waals surface area contributed by atoms with Crippen LogP contribution in [0.25, 0.3) is 0 Å². The van der Waals surface area contributed by atoms with Crippen molar-refractivity contribution in [3.8, 4) is 5.75 Å². The summed E-state index contributed by atoms with van der Waals surface area (Å²) in [5.74, 6) is 0.597. The first-order valence-electron chi connectivity index (χ1n) is 2.52.